The van der Waals surface area contributed by atoms with Gasteiger partial charge < -0.3 is 9.84 Å². The van der Waals surface area contributed by atoms with Crippen LogP contribution in [0.1, 0.15) is 11.1 Å². The minimum atomic E-state index is 0.171. The van der Waals surface area contributed by atoms with Gasteiger partial charge in [-0.3, -0.25) is 4.90 Å². The van der Waals surface area contributed by atoms with E-state index in [1.54, 1.807) is 7.11 Å². The summed E-state index contributed by atoms with van der Waals surface area (Å²) in [5, 5.41) is 8.86. The Labute approximate surface area is 97.0 Å². The summed E-state index contributed by atoms with van der Waals surface area (Å²) >= 11 is 0. The summed E-state index contributed by atoms with van der Waals surface area (Å²) < 4.78 is 5.19. The Morgan fingerprint density at radius 3 is 2.81 bits per heavy atom. The maximum absolute atomic E-state index is 8.86. The first-order valence-electron chi connectivity index (χ1n) is 5.30. The molecule has 0 aromatic heterocycles. The first kappa shape index (κ1) is 12.7. The van der Waals surface area contributed by atoms with Gasteiger partial charge in [0.2, 0.25) is 0 Å². The predicted molar refractivity (Wildman–Crippen MR) is 66.5 cm³/mol. The maximum Gasteiger partial charge on any atom is 0.119 e. The van der Waals surface area contributed by atoms with Crippen LogP contribution < -0.4 is 4.74 Å². The van der Waals surface area contributed by atoms with Crippen LogP contribution in [0.3, 0.4) is 0 Å². The highest BCUT2D eigenvalue weighted by Crippen LogP contribution is 2.19. The van der Waals surface area contributed by atoms with Crippen molar-refractivity contribution >= 4 is 6.08 Å². The molecule has 0 radical (unpaired) electrons. The summed E-state index contributed by atoms with van der Waals surface area (Å²) in [6.45, 7) is 5.40. The van der Waals surface area contributed by atoms with Crippen molar-refractivity contribution in [3.63, 3.8) is 0 Å². The van der Waals surface area contributed by atoms with E-state index in [0.29, 0.717) is 6.54 Å². The summed E-state index contributed by atoms with van der Waals surface area (Å²) in [5.41, 5.74) is 2.26. The van der Waals surface area contributed by atoms with E-state index in [1.807, 2.05) is 31.3 Å². The second-order valence-corrected chi connectivity index (χ2v) is 3.73. The first-order chi connectivity index (χ1) is 7.71. The van der Waals surface area contributed by atoms with Crippen LogP contribution in [0.2, 0.25) is 0 Å². The summed E-state index contributed by atoms with van der Waals surface area (Å²) in [5.74, 6) is 0.845. The van der Waals surface area contributed by atoms with E-state index in [-0.39, 0.29) is 6.61 Å². The Morgan fingerprint density at radius 2 is 2.25 bits per heavy atom. The highest BCUT2D eigenvalue weighted by Gasteiger charge is 2.05. The number of ether oxygens (including phenoxy) is 1. The summed E-state index contributed by atoms with van der Waals surface area (Å²) in [4.78, 5) is 2.06. The zero-order chi connectivity index (χ0) is 12.0. The first-order valence-corrected chi connectivity index (χ1v) is 5.30. The summed E-state index contributed by atoms with van der Waals surface area (Å²) in [6.07, 6.45) is 1.83. The number of methoxy groups -OCH3 is 1. The third-order valence-electron chi connectivity index (χ3n) is 2.49. The second kappa shape index (κ2) is 6.30. The zero-order valence-corrected chi connectivity index (χ0v) is 9.94. The SMILES string of the molecule is C=Cc1ccc(OC)cc1CN(C)CCO. The van der Waals surface area contributed by atoms with Gasteiger partial charge in [-0.15, -0.1) is 0 Å². The fraction of sp³-hybridized carbons (Fsp3) is 0.385. The molecule has 0 spiro atoms. The van der Waals surface area contributed by atoms with E-state index < -0.39 is 0 Å². The number of benzene rings is 1. The Morgan fingerprint density at radius 1 is 1.50 bits per heavy atom. The number of aliphatic hydroxyl groups excluding tert-OH is 1. The average Bonchev–Trinajstić information content (AvgIpc) is 2.29. The molecule has 0 amide bonds. The highest BCUT2D eigenvalue weighted by molar-refractivity contribution is 5.54. The smallest absolute Gasteiger partial charge is 0.119 e. The van der Waals surface area contributed by atoms with Crippen LogP contribution >= 0.6 is 0 Å². The molecule has 1 rings (SSSR count). The van der Waals surface area contributed by atoms with Gasteiger partial charge in [0.1, 0.15) is 5.75 Å². The molecule has 0 heterocycles. The molecule has 0 aliphatic rings. The number of nitrogens with zero attached hydrogens (tertiary/aromatic N) is 1. The normalized spacial score (nSPS) is 10.5. The molecule has 0 bridgehead atoms. The van der Waals surface area contributed by atoms with Gasteiger partial charge in [-0.25, -0.2) is 0 Å². The van der Waals surface area contributed by atoms with Crippen molar-refractivity contribution in [3.05, 3.63) is 35.9 Å². The molecule has 88 valence electrons. The Kier molecular flexibility index (Phi) is 5.02. The van der Waals surface area contributed by atoms with Crippen LogP contribution in [0, 0.1) is 0 Å². The lowest BCUT2D eigenvalue weighted by Gasteiger charge is -2.17. The molecule has 0 saturated carbocycles. The molecule has 1 N–H and O–H groups in total. The number of rotatable bonds is 6. The fourth-order valence-electron chi connectivity index (χ4n) is 1.59. The molecule has 1 aromatic rings. The molecule has 0 aliphatic carbocycles. The van der Waals surface area contributed by atoms with Crippen LogP contribution in [0.5, 0.6) is 5.75 Å². The minimum Gasteiger partial charge on any atom is -0.497 e. The molecule has 0 aliphatic heterocycles. The van der Waals surface area contributed by atoms with Crippen LogP contribution in [0.15, 0.2) is 24.8 Å². The third-order valence-corrected chi connectivity index (χ3v) is 2.49. The largest absolute Gasteiger partial charge is 0.497 e. The summed E-state index contributed by atoms with van der Waals surface area (Å²) in [6, 6.07) is 5.92. The number of hydrogen-bond donors (Lipinski definition) is 1. The molecule has 3 nitrogen and oxygen atoms in total. The van der Waals surface area contributed by atoms with Gasteiger partial charge in [-0.05, 0) is 30.3 Å². The van der Waals surface area contributed by atoms with E-state index in [0.717, 1.165) is 23.4 Å². The molecule has 16 heavy (non-hydrogen) atoms. The van der Waals surface area contributed by atoms with Crippen LogP contribution in [-0.2, 0) is 6.54 Å². The third kappa shape index (κ3) is 3.36. The number of likely N-dealkylation sites (N-methyl/N-ethyl adjacent to an activating group) is 1. The van der Waals surface area contributed by atoms with Gasteiger partial charge in [-0.2, -0.15) is 0 Å². The van der Waals surface area contributed by atoms with Crippen LogP contribution in [0.25, 0.3) is 6.08 Å². The standard InChI is InChI=1S/C13H19NO2/c1-4-11-5-6-13(16-3)9-12(11)10-14(2)7-8-15/h4-6,9,15H,1,7-8,10H2,2-3H3. The zero-order valence-electron chi connectivity index (χ0n) is 9.94. The highest BCUT2D eigenvalue weighted by atomic mass is 16.5. The molecule has 0 unspecified atom stereocenters. The van der Waals surface area contributed by atoms with Gasteiger partial charge in [-0.1, -0.05) is 18.7 Å². The van der Waals surface area contributed by atoms with Crippen molar-refractivity contribution in [2.75, 3.05) is 27.3 Å². The predicted octanol–water partition coefficient (Wildman–Crippen LogP) is 1.76. The molecular formula is C13H19NO2. The van der Waals surface area contributed by atoms with E-state index in [1.165, 1.54) is 0 Å². The van der Waals surface area contributed by atoms with E-state index in [9.17, 15) is 0 Å². The lowest BCUT2D eigenvalue weighted by atomic mass is 10.1. The molecule has 0 atom stereocenters. The Hall–Kier alpha value is -1.32. The van der Waals surface area contributed by atoms with Gasteiger partial charge >= 0.3 is 0 Å². The van der Waals surface area contributed by atoms with Crippen molar-refractivity contribution in [1.82, 2.24) is 4.90 Å². The van der Waals surface area contributed by atoms with Crippen LogP contribution in [-0.4, -0.2) is 37.3 Å². The van der Waals surface area contributed by atoms with Crippen molar-refractivity contribution in [1.29, 1.82) is 0 Å². The summed E-state index contributed by atoms with van der Waals surface area (Å²) in [7, 11) is 3.63. The minimum absolute atomic E-state index is 0.171. The quantitative estimate of drug-likeness (QED) is 0.794. The van der Waals surface area contributed by atoms with Crippen molar-refractivity contribution < 1.29 is 9.84 Å². The van der Waals surface area contributed by atoms with E-state index in [4.69, 9.17) is 9.84 Å². The topological polar surface area (TPSA) is 32.7 Å². The second-order valence-electron chi connectivity index (χ2n) is 3.73. The lowest BCUT2D eigenvalue weighted by Crippen LogP contribution is -2.21. The number of hydrogen-bond acceptors (Lipinski definition) is 3. The van der Waals surface area contributed by atoms with E-state index in [2.05, 4.69) is 11.5 Å². The van der Waals surface area contributed by atoms with E-state index >= 15 is 0 Å². The molecule has 0 fully saturated rings. The number of aliphatic hydroxyl groups is 1. The molecular weight excluding hydrogens is 202 g/mol. The van der Waals surface area contributed by atoms with Crippen molar-refractivity contribution in [2.45, 2.75) is 6.54 Å². The van der Waals surface area contributed by atoms with Crippen molar-refractivity contribution in [2.24, 2.45) is 0 Å². The average molecular weight is 221 g/mol. The van der Waals surface area contributed by atoms with Crippen LogP contribution in [0.4, 0.5) is 0 Å². The monoisotopic (exact) mass is 221 g/mol. The Balaban J connectivity index is 2.86. The van der Waals surface area contributed by atoms with Gasteiger partial charge in [0.15, 0.2) is 0 Å². The Bertz CT molecular complexity index is 350. The van der Waals surface area contributed by atoms with Gasteiger partial charge in [0, 0.05) is 13.1 Å². The molecule has 3 heteroatoms. The van der Waals surface area contributed by atoms with Gasteiger partial charge in [0.25, 0.3) is 0 Å². The molecule has 0 saturated heterocycles. The maximum atomic E-state index is 8.86. The fourth-order valence-corrected chi connectivity index (χ4v) is 1.59. The lowest BCUT2D eigenvalue weighted by molar-refractivity contribution is 0.217. The molecule has 1 aromatic carbocycles. The van der Waals surface area contributed by atoms with Gasteiger partial charge in [0.05, 0.1) is 13.7 Å². The van der Waals surface area contributed by atoms with Crippen molar-refractivity contribution in [3.8, 4) is 5.75 Å².